The van der Waals surface area contributed by atoms with Crippen molar-refractivity contribution in [2.75, 3.05) is 0 Å². The highest BCUT2D eigenvalue weighted by molar-refractivity contribution is 5.93. The Hall–Kier alpha value is -2.36. The van der Waals surface area contributed by atoms with E-state index in [1.54, 1.807) is 12.2 Å². The summed E-state index contributed by atoms with van der Waals surface area (Å²) in [6.07, 6.45) is 5.33. The number of allylic oxidation sites excluding steroid dienone is 4. The smallest absolute Gasteiger partial charge is 0.149 e. The number of benzene rings is 1. The van der Waals surface area contributed by atoms with Crippen LogP contribution in [0.3, 0.4) is 0 Å². The minimum atomic E-state index is -0.313. The van der Waals surface area contributed by atoms with Gasteiger partial charge in [-0.15, -0.1) is 0 Å². The molecule has 4 heteroatoms. The summed E-state index contributed by atoms with van der Waals surface area (Å²) in [4.78, 5) is 0. The Kier molecular flexibility index (Phi) is 3.51. The molecule has 0 amide bonds. The predicted molar refractivity (Wildman–Crippen MR) is 76.9 cm³/mol. The Morgan fingerprint density at radius 2 is 2.21 bits per heavy atom. The van der Waals surface area contributed by atoms with Gasteiger partial charge in [0.25, 0.3) is 0 Å². The van der Waals surface area contributed by atoms with Crippen LogP contribution in [0.1, 0.15) is 18.2 Å². The molecule has 3 nitrogen and oxygen atoms in total. The molecule has 0 atom stereocenters. The number of halogens is 1. The van der Waals surface area contributed by atoms with Crippen LogP contribution in [0.5, 0.6) is 0 Å². The summed E-state index contributed by atoms with van der Waals surface area (Å²) < 4.78 is 13.8. The molecular formula is C15H16FN3. The lowest BCUT2D eigenvalue weighted by atomic mass is 10.1. The Morgan fingerprint density at radius 1 is 1.47 bits per heavy atom. The molecule has 0 spiro atoms. The van der Waals surface area contributed by atoms with E-state index in [0.717, 1.165) is 5.56 Å². The molecule has 0 bridgehead atoms. The lowest BCUT2D eigenvalue weighted by Crippen LogP contribution is -1.93. The zero-order valence-corrected chi connectivity index (χ0v) is 11.0. The fourth-order valence-corrected chi connectivity index (χ4v) is 1.97. The van der Waals surface area contributed by atoms with E-state index in [4.69, 9.17) is 5.73 Å². The first-order chi connectivity index (χ1) is 9.02. The number of aromatic nitrogens is 2. The summed E-state index contributed by atoms with van der Waals surface area (Å²) in [5, 5.41) is 7.53. The molecule has 0 unspecified atom stereocenters. The Labute approximate surface area is 111 Å². The van der Waals surface area contributed by atoms with Crippen LogP contribution in [0, 0.1) is 12.7 Å². The van der Waals surface area contributed by atoms with Crippen molar-refractivity contribution >= 4 is 16.5 Å². The van der Waals surface area contributed by atoms with Crippen LogP contribution in [0.4, 0.5) is 4.39 Å². The second-order valence-electron chi connectivity index (χ2n) is 4.41. The summed E-state index contributed by atoms with van der Waals surface area (Å²) in [7, 11) is 0. The third-order valence-corrected chi connectivity index (χ3v) is 2.77. The predicted octanol–water partition coefficient (Wildman–Crippen LogP) is 3.44. The first-order valence-electron chi connectivity index (χ1n) is 5.96. The lowest BCUT2D eigenvalue weighted by Gasteiger charge is -2.00. The topological polar surface area (TPSA) is 54.7 Å². The first-order valence-corrected chi connectivity index (χ1v) is 5.96. The van der Waals surface area contributed by atoms with Crippen molar-refractivity contribution in [3.63, 3.8) is 0 Å². The summed E-state index contributed by atoms with van der Waals surface area (Å²) >= 11 is 0. The summed E-state index contributed by atoms with van der Waals surface area (Å²) in [6, 6.07) is 3.35. The van der Waals surface area contributed by atoms with Crippen molar-refractivity contribution in [2.45, 2.75) is 13.8 Å². The molecule has 1 aromatic heterocycles. The van der Waals surface area contributed by atoms with Gasteiger partial charge in [0.15, 0.2) is 0 Å². The van der Waals surface area contributed by atoms with Crippen LogP contribution in [0.2, 0.25) is 0 Å². The standard InChI is InChI=1S/C15H16FN3/c1-4-5-11(17)8-10(3)14-12-6-9(2)7-13(16)15(12)19-18-14/h4-8H,3,17H2,1-2H3,(H,18,19)/b5-4-,11-8+. The summed E-state index contributed by atoms with van der Waals surface area (Å²) in [5.74, 6) is -0.313. The van der Waals surface area contributed by atoms with Gasteiger partial charge >= 0.3 is 0 Å². The number of aryl methyl sites for hydroxylation is 1. The van der Waals surface area contributed by atoms with Gasteiger partial charge in [-0.2, -0.15) is 5.10 Å². The molecule has 19 heavy (non-hydrogen) atoms. The fourth-order valence-electron chi connectivity index (χ4n) is 1.97. The number of aromatic amines is 1. The van der Waals surface area contributed by atoms with E-state index in [0.29, 0.717) is 27.9 Å². The number of nitrogens with two attached hydrogens (primary N) is 1. The number of hydrogen-bond acceptors (Lipinski definition) is 2. The van der Waals surface area contributed by atoms with Crippen LogP contribution in [-0.4, -0.2) is 10.2 Å². The highest BCUT2D eigenvalue weighted by Gasteiger charge is 2.11. The number of nitrogens with one attached hydrogen (secondary N) is 1. The molecular weight excluding hydrogens is 241 g/mol. The summed E-state index contributed by atoms with van der Waals surface area (Å²) in [6.45, 7) is 7.65. The van der Waals surface area contributed by atoms with Crippen molar-refractivity contribution in [3.8, 4) is 0 Å². The largest absolute Gasteiger partial charge is 0.399 e. The highest BCUT2D eigenvalue weighted by atomic mass is 19.1. The van der Waals surface area contributed by atoms with Crippen molar-refractivity contribution in [1.82, 2.24) is 10.2 Å². The van der Waals surface area contributed by atoms with Gasteiger partial charge in [0, 0.05) is 11.1 Å². The molecule has 0 fully saturated rings. The Balaban J connectivity index is 2.52. The van der Waals surface area contributed by atoms with Crippen LogP contribution in [-0.2, 0) is 0 Å². The van der Waals surface area contributed by atoms with Gasteiger partial charge in [0.2, 0.25) is 0 Å². The molecule has 0 aliphatic heterocycles. The molecule has 2 rings (SSSR count). The van der Waals surface area contributed by atoms with E-state index in [1.807, 2.05) is 26.0 Å². The monoisotopic (exact) mass is 257 g/mol. The number of hydrogen-bond donors (Lipinski definition) is 2. The molecule has 0 radical (unpaired) electrons. The zero-order valence-electron chi connectivity index (χ0n) is 11.0. The molecule has 0 saturated heterocycles. The summed E-state index contributed by atoms with van der Waals surface area (Å²) in [5.41, 5.74) is 8.87. The first kappa shape index (κ1) is 13.1. The molecule has 1 aromatic carbocycles. The van der Waals surface area contributed by atoms with E-state index in [1.165, 1.54) is 6.07 Å². The van der Waals surface area contributed by atoms with Gasteiger partial charge in [-0.05, 0) is 49.3 Å². The molecule has 2 aromatic rings. The van der Waals surface area contributed by atoms with E-state index in [-0.39, 0.29) is 5.82 Å². The van der Waals surface area contributed by atoms with Gasteiger partial charge in [-0.3, -0.25) is 5.10 Å². The number of H-pyrrole nitrogens is 1. The van der Waals surface area contributed by atoms with Gasteiger partial charge in [0.05, 0.1) is 5.69 Å². The van der Waals surface area contributed by atoms with E-state index in [2.05, 4.69) is 16.8 Å². The molecule has 98 valence electrons. The molecule has 0 aliphatic rings. The van der Waals surface area contributed by atoms with Gasteiger partial charge in [0.1, 0.15) is 11.3 Å². The quantitative estimate of drug-likeness (QED) is 0.827. The van der Waals surface area contributed by atoms with Crippen molar-refractivity contribution in [3.05, 3.63) is 59.7 Å². The molecule has 0 aliphatic carbocycles. The van der Waals surface area contributed by atoms with E-state index in [9.17, 15) is 4.39 Å². The average Bonchev–Trinajstić information content (AvgIpc) is 2.72. The van der Waals surface area contributed by atoms with Gasteiger partial charge in [-0.25, -0.2) is 4.39 Å². The third-order valence-electron chi connectivity index (χ3n) is 2.77. The number of fused-ring (bicyclic) bond motifs is 1. The highest BCUT2D eigenvalue weighted by Crippen LogP contribution is 2.26. The molecule has 0 saturated carbocycles. The maximum atomic E-state index is 13.8. The second-order valence-corrected chi connectivity index (χ2v) is 4.41. The van der Waals surface area contributed by atoms with Crippen LogP contribution in [0.25, 0.3) is 16.5 Å². The average molecular weight is 257 g/mol. The van der Waals surface area contributed by atoms with Crippen LogP contribution >= 0.6 is 0 Å². The normalized spacial score (nSPS) is 12.5. The van der Waals surface area contributed by atoms with E-state index >= 15 is 0 Å². The van der Waals surface area contributed by atoms with E-state index < -0.39 is 0 Å². The number of rotatable bonds is 3. The maximum Gasteiger partial charge on any atom is 0.149 e. The second kappa shape index (κ2) is 5.10. The van der Waals surface area contributed by atoms with Gasteiger partial charge < -0.3 is 5.73 Å². The lowest BCUT2D eigenvalue weighted by molar-refractivity contribution is 0.635. The minimum absolute atomic E-state index is 0.313. The SMILES string of the molecule is C=C(/C=C(N)\C=C/C)c1n[nH]c2c(F)cc(C)cc12. The molecule has 3 N–H and O–H groups in total. The van der Waals surface area contributed by atoms with Gasteiger partial charge in [-0.1, -0.05) is 12.7 Å². The molecule has 1 heterocycles. The Bertz CT molecular complexity index is 693. The fraction of sp³-hybridized carbons (Fsp3) is 0.133. The van der Waals surface area contributed by atoms with Crippen LogP contribution < -0.4 is 5.73 Å². The van der Waals surface area contributed by atoms with Crippen molar-refractivity contribution < 1.29 is 4.39 Å². The number of nitrogens with zero attached hydrogens (tertiary/aromatic N) is 1. The maximum absolute atomic E-state index is 13.8. The van der Waals surface area contributed by atoms with Crippen molar-refractivity contribution in [1.29, 1.82) is 0 Å². The van der Waals surface area contributed by atoms with Crippen LogP contribution in [0.15, 0.2) is 42.6 Å². The third kappa shape index (κ3) is 2.57. The Morgan fingerprint density at radius 3 is 2.89 bits per heavy atom. The zero-order chi connectivity index (χ0) is 14.0. The minimum Gasteiger partial charge on any atom is -0.399 e. The van der Waals surface area contributed by atoms with Crippen molar-refractivity contribution in [2.24, 2.45) is 5.73 Å².